The van der Waals surface area contributed by atoms with E-state index < -0.39 is 8.32 Å². The van der Waals surface area contributed by atoms with Gasteiger partial charge in [0.15, 0.2) is 8.32 Å². The van der Waals surface area contributed by atoms with E-state index in [4.69, 9.17) is 9.53 Å². The van der Waals surface area contributed by atoms with Crippen LogP contribution in [0.15, 0.2) is 6.20 Å². The highest BCUT2D eigenvalue weighted by atomic mass is 32.1. The summed E-state index contributed by atoms with van der Waals surface area (Å²) in [4.78, 5) is 5.19. The molecule has 0 atom stereocenters. The molecule has 1 aromatic rings. The largest absolute Gasteiger partial charge is 0.412 e. The van der Waals surface area contributed by atoms with Gasteiger partial charge in [-0.25, -0.2) is 4.98 Å². The topological polar surface area (TPSA) is 42.4 Å². The minimum absolute atomic E-state index is 0.0186. The molecular formula is C11H21NO2SSi. The monoisotopic (exact) mass is 259 g/mol. The fourth-order valence-corrected chi connectivity index (χ4v) is 2.71. The molecular weight excluding hydrogens is 238 g/mol. The average Bonchev–Trinajstić information content (AvgIpc) is 2.60. The molecule has 3 nitrogen and oxygen atoms in total. The quantitative estimate of drug-likeness (QED) is 0.845. The number of hydrogen-bond acceptors (Lipinski definition) is 4. The van der Waals surface area contributed by atoms with Gasteiger partial charge in [0.25, 0.3) is 0 Å². The third kappa shape index (κ3) is 3.38. The van der Waals surface area contributed by atoms with Crippen molar-refractivity contribution in [3.8, 4) is 0 Å². The van der Waals surface area contributed by atoms with Gasteiger partial charge in [0.05, 0.1) is 13.2 Å². The number of aliphatic hydroxyl groups is 1. The van der Waals surface area contributed by atoms with Crippen molar-refractivity contribution in [3.63, 3.8) is 0 Å². The lowest BCUT2D eigenvalue weighted by atomic mass is 10.2. The molecule has 0 aliphatic carbocycles. The van der Waals surface area contributed by atoms with Gasteiger partial charge in [-0.2, -0.15) is 0 Å². The molecule has 0 aliphatic rings. The Morgan fingerprint density at radius 2 is 2.06 bits per heavy atom. The molecule has 0 spiro atoms. The van der Waals surface area contributed by atoms with E-state index in [0.29, 0.717) is 6.61 Å². The highest BCUT2D eigenvalue weighted by Crippen LogP contribution is 2.37. The van der Waals surface area contributed by atoms with E-state index in [-0.39, 0.29) is 11.6 Å². The predicted octanol–water partition coefficient (Wildman–Crippen LogP) is 3.16. The van der Waals surface area contributed by atoms with Crippen LogP contribution in [0.5, 0.6) is 0 Å². The van der Waals surface area contributed by atoms with Crippen LogP contribution in [0.25, 0.3) is 0 Å². The highest BCUT2D eigenvalue weighted by Gasteiger charge is 2.37. The van der Waals surface area contributed by atoms with Crippen molar-refractivity contribution in [2.75, 3.05) is 0 Å². The van der Waals surface area contributed by atoms with Gasteiger partial charge in [0, 0.05) is 11.1 Å². The standard InChI is InChI=1S/C11H21NO2SSi/c1-11(2,3)16(4,5)14-8-9-6-12-10(7-13)15-9/h6,13H,7-8H2,1-5H3. The fraction of sp³-hybridized carbons (Fsp3) is 0.727. The van der Waals surface area contributed by atoms with Crippen molar-refractivity contribution in [2.45, 2.75) is 52.1 Å². The predicted molar refractivity (Wildman–Crippen MR) is 70.0 cm³/mol. The van der Waals surface area contributed by atoms with Crippen molar-refractivity contribution in [1.29, 1.82) is 0 Å². The summed E-state index contributed by atoms with van der Waals surface area (Å²) in [6.45, 7) is 11.8. The summed E-state index contributed by atoms with van der Waals surface area (Å²) in [5, 5.41) is 9.92. The Hall–Kier alpha value is -0.233. The van der Waals surface area contributed by atoms with Crippen molar-refractivity contribution >= 4 is 19.7 Å². The zero-order chi connectivity index (χ0) is 12.4. The van der Waals surface area contributed by atoms with Crippen LogP contribution >= 0.6 is 11.3 Å². The van der Waals surface area contributed by atoms with E-state index in [1.165, 1.54) is 11.3 Å². The number of hydrogen-bond donors (Lipinski definition) is 1. The first-order valence-corrected chi connectivity index (χ1v) is 9.17. The van der Waals surface area contributed by atoms with Crippen molar-refractivity contribution < 1.29 is 9.53 Å². The second-order valence-corrected chi connectivity index (χ2v) is 11.4. The highest BCUT2D eigenvalue weighted by molar-refractivity contribution is 7.11. The zero-order valence-electron chi connectivity index (χ0n) is 10.7. The van der Waals surface area contributed by atoms with Crippen LogP contribution < -0.4 is 0 Å². The molecule has 0 unspecified atom stereocenters. The Balaban J connectivity index is 2.57. The lowest BCUT2D eigenvalue weighted by Crippen LogP contribution is -2.40. The second kappa shape index (κ2) is 4.95. The van der Waals surface area contributed by atoms with E-state index in [9.17, 15) is 0 Å². The molecule has 5 heteroatoms. The van der Waals surface area contributed by atoms with Crippen LogP contribution in [0.2, 0.25) is 18.1 Å². The van der Waals surface area contributed by atoms with Crippen LogP contribution in [0, 0.1) is 0 Å². The first-order chi connectivity index (χ1) is 7.26. The van der Waals surface area contributed by atoms with E-state index in [0.717, 1.165) is 9.88 Å². The van der Waals surface area contributed by atoms with Gasteiger partial charge in [0.1, 0.15) is 5.01 Å². The second-order valence-electron chi connectivity index (χ2n) is 5.43. The summed E-state index contributed by atoms with van der Waals surface area (Å²) in [7, 11) is -1.67. The normalized spacial score (nSPS) is 13.1. The van der Waals surface area contributed by atoms with Crippen LogP contribution in [-0.2, 0) is 17.6 Å². The van der Waals surface area contributed by atoms with Gasteiger partial charge in [0.2, 0.25) is 0 Å². The molecule has 1 aromatic heterocycles. The third-order valence-electron chi connectivity index (χ3n) is 3.12. The summed E-state index contributed by atoms with van der Waals surface area (Å²) < 4.78 is 6.07. The SMILES string of the molecule is CC(C)(C)[Si](C)(C)OCc1cnc(CO)s1. The summed E-state index contributed by atoms with van der Waals surface area (Å²) in [6.07, 6.45) is 1.80. The Kier molecular flexibility index (Phi) is 4.28. The maximum absolute atomic E-state index is 8.92. The molecule has 92 valence electrons. The summed E-state index contributed by atoms with van der Waals surface area (Å²) in [5.41, 5.74) is 0. The molecule has 1 rings (SSSR count). The number of thiazole rings is 1. The molecule has 0 bridgehead atoms. The maximum Gasteiger partial charge on any atom is 0.192 e. The minimum atomic E-state index is -1.67. The van der Waals surface area contributed by atoms with Gasteiger partial charge >= 0.3 is 0 Å². The number of rotatable bonds is 4. The average molecular weight is 259 g/mol. The molecule has 0 fully saturated rings. The van der Waals surface area contributed by atoms with Crippen LogP contribution in [-0.4, -0.2) is 18.4 Å². The molecule has 0 saturated carbocycles. The number of aliphatic hydroxyl groups excluding tert-OH is 1. The first-order valence-electron chi connectivity index (χ1n) is 5.44. The molecule has 16 heavy (non-hydrogen) atoms. The lowest BCUT2D eigenvalue weighted by molar-refractivity contribution is 0.279. The lowest BCUT2D eigenvalue weighted by Gasteiger charge is -2.35. The van der Waals surface area contributed by atoms with Crippen LogP contribution in [0.1, 0.15) is 30.7 Å². The molecule has 0 amide bonds. The molecule has 0 saturated heterocycles. The summed E-state index contributed by atoms with van der Waals surface area (Å²) in [5.74, 6) is 0. The van der Waals surface area contributed by atoms with Crippen LogP contribution in [0.4, 0.5) is 0 Å². The van der Waals surface area contributed by atoms with Crippen LogP contribution in [0.3, 0.4) is 0 Å². The summed E-state index contributed by atoms with van der Waals surface area (Å²) in [6, 6.07) is 0. The molecule has 0 aliphatic heterocycles. The Bertz CT molecular complexity index is 344. The van der Waals surface area contributed by atoms with E-state index in [1.807, 2.05) is 0 Å². The molecule has 1 heterocycles. The Morgan fingerprint density at radius 1 is 1.44 bits per heavy atom. The van der Waals surface area contributed by atoms with Gasteiger partial charge in [-0.15, -0.1) is 11.3 Å². The maximum atomic E-state index is 8.92. The first kappa shape index (κ1) is 13.8. The molecule has 0 aromatic carbocycles. The van der Waals surface area contributed by atoms with Crippen molar-refractivity contribution in [1.82, 2.24) is 4.98 Å². The third-order valence-corrected chi connectivity index (χ3v) is 8.55. The smallest absolute Gasteiger partial charge is 0.192 e. The van der Waals surface area contributed by atoms with Gasteiger partial charge in [-0.1, -0.05) is 20.8 Å². The van der Waals surface area contributed by atoms with E-state index in [2.05, 4.69) is 38.8 Å². The minimum Gasteiger partial charge on any atom is -0.412 e. The number of nitrogens with zero attached hydrogens (tertiary/aromatic N) is 1. The van der Waals surface area contributed by atoms with Crippen molar-refractivity contribution in [3.05, 3.63) is 16.1 Å². The van der Waals surface area contributed by atoms with Gasteiger partial charge < -0.3 is 9.53 Å². The van der Waals surface area contributed by atoms with E-state index in [1.54, 1.807) is 6.20 Å². The molecule has 1 N–H and O–H groups in total. The fourth-order valence-electron chi connectivity index (χ4n) is 0.956. The molecule has 0 radical (unpaired) electrons. The Labute approximate surface area is 103 Å². The number of aromatic nitrogens is 1. The zero-order valence-corrected chi connectivity index (χ0v) is 12.5. The van der Waals surface area contributed by atoms with Crippen molar-refractivity contribution in [2.24, 2.45) is 0 Å². The van der Waals surface area contributed by atoms with E-state index >= 15 is 0 Å². The Morgan fingerprint density at radius 3 is 2.50 bits per heavy atom. The van der Waals surface area contributed by atoms with Gasteiger partial charge in [-0.3, -0.25) is 0 Å². The van der Waals surface area contributed by atoms with Gasteiger partial charge in [-0.05, 0) is 18.1 Å². The summed E-state index contributed by atoms with van der Waals surface area (Å²) >= 11 is 1.52.